The average molecular weight is 242 g/mol. The number of aromatic nitrogens is 1. The van der Waals surface area contributed by atoms with Crippen molar-refractivity contribution >= 4 is 11.7 Å². The zero-order valence-electron chi connectivity index (χ0n) is 10.3. The molecular weight excluding hydrogens is 228 g/mol. The van der Waals surface area contributed by atoms with Gasteiger partial charge in [0.2, 0.25) is 0 Å². The molecule has 1 aromatic heterocycles. The Morgan fingerprint density at radius 2 is 1.78 bits per heavy atom. The molecular formula is C14H14N2O2. The van der Waals surface area contributed by atoms with E-state index in [9.17, 15) is 4.79 Å². The number of hydrogen-bond donors (Lipinski definition) is 1. The summed E-state index contributed by atoms with van der Waals surface area (Å²) in [7, 11) is 3.91. The van der Waals surface area contributed by atoms with E-state index in [0.717, 1.165) is 16.9 Å². The molecule has 0 fully saturated rings. The molecule has 0 unspecified atom stereocenters. The van der Waals surface area contributed by atoms with Gasteiger partial charge in [-0.3, -0.25) is 4.98 Å². The van der Waals surface area contributed by atoms with Crippen LogP contribution in [0.15, 0.2) is 42.6 Å². The summed E-state index contributed by atoms with van der Waals surface area (Å²) in [5.41, 5.74) is 3.05. The van der Waals surface area contributed by atoms with Crippen LogP contribution in [0.5, 0.6) is 0 Å². The fourth-order valence-electron chi connectivity index (χ4n) is 1.60. The third-order valence-electron chi connectivity index (χ3n) is 2.69. The molecule has 1 aromatic carbocycles. The Hall–Kier alpha value is -2.36. The van der Waals surface area contributed by atoms with Crippen LogP contribution in [0, 0.1) is 0 Å². The van der Waals surface area contributed by atoms with E-state index in [1.807, 2.05) is 31.1 Å². The SMILES string of the molecule is CN(C)c1ccc(-c2ccc(C(=O)O)cc2)nc1. The first-order chi connectivity index (χ1) is 8.58. The van der Waals surface area contributed by atoms with Gasteiger partial charge in [-0.25, -0.2) is 4.79 Å². The fraction of sp³-hybridized carbons (Fsp3) is 0.143. The van der Waals surface area contributed by atoms with Crippen molar-refractivity contribution in [2.75, 3.05) is 19.0 Å². The van der Waals surface area contributed by atoms with Crippen molar-refractivity contribution in [3.8, 4) is 11.3 Å². The molecule has 0 amide bonds. The fourth-order valence-corrected chi connectivity index (χ4v) is 1.60. The van der Waals surface area contributed by atoms with Gasteiger partial charge < -0.3 is 10.0 Å². The normalized spacial score (nSPS) is 10.1. The van der Waals surface area contributed by atoms with E-state index in [-0.39, 0.29) is 5.56 Å². The third kappa shape index (κ3) is 2.48. The number of aromatic carboxylic acids is 1. The standard InChI is InChI=1S/C14H14N2O2/c1-16(2)12-7-8-13(15-9-12)10-3-5-11(6-4-10)14(17)18/h3-9H,1-2H3,(H,17,18). The molecule has 0 aliphatic carbocycles. The van der Waals surface area contributed by atoms with Gasteiger partial charge in [-0.15, -0.1) is 0 Å². The smallest absolute Gasteiger partial charge is 0.335 e. The van der Waals surface area contributed by atoms with Crippen LogP contribution in [0.25, 0.3) is 11.3 Å². The highest BCUT2D eigenvalue weighted by Crippen LogP contribution is 2.20. The predicted octanol–water partition coefficient (Wildman–Crippen LogP) is 2.51. The molecule has 0 bridgehead atoms. The predicted molar refractivity (Wildman–Crippen MR) is 71.0 cm³/mol. The van der Waals surface area contributed by atoms with Gasteiger partial charge in [-0.05, 0) is 24.3 Å². The van der Waals surface area contributed by atoms with Crippen molar-refractivity contribution < 1.29 is 9.90 Å². The van der Waals surface area contributed by atoms with Crippen molar-refractivity contribution in [1.29, 1.82) is 0 Å². The average Bonchev–Trinajstić information content (AvgIpc) is 2.39. The molecule has 2 aromatic rings. The number of carbonyl (C=O) groups is 1. The summed E-state index contributed by atoms with van der Waals surface area (Å²) in [6, 6.07) is 10.6. The van der Waals surface area contributed by atoms with Gasteiger partial charge >= 0.3 is 5.97 Å². The number of benzene rings is 1. The second-order valence-corrected chi connectivity index (χ2v) is 4.18. The first-order valence-corrected chi connectivity index (χ1v) is 5.55. The van der Waals surface area contributed by atoms with Crippen molar-refractivity contribution in [3.05, 3.63) is 48.2 Å². The van der Waals surface area contributed by atoms with E-state index in [0.29, 0.717) is 0 Å². The zero-order valence-corrected chi connectivity index (χ0v) is 10.3. The number of carboxylic acids is 1. The number of hydrogen-bond acceptors (Lipinski definition) is 3. The van der Waals surface area contributed by atoms with Crippen LogP contribution in [-0.2, 0) is 0 Å². The topological polar surface area (TPSA) is 53.4 Å². The minimum absolute atomic E-state index is 0.281. The molecule has 0 radical (unpaired) electrons. The van der Waals surface area contributed by atoms with Crippen LogP contribution in [0.2, 0.25) is 0 Å². The minimum atomic E-state index is -0.919. The number of carboxylic acid groups (broad SMARTS) is 1. The Bertz CT molecular complexity index is 545. The Morgan fingerprint density at radius 1 is 1.11 bits per heavy atom. The monoisotopic (exact) mass is 242 g/mol. The summed E-state index contributed by atoms with van der Waals surface area (Å²) >= 11 is 0. The van der Waals surface area contributed by atoms with E-state index >= 15 is 0 Å². The Labute approximate surface area is 106 Å². The summed E-state index contributed by atoms with van der Waals surface area (Å²) in [6.07, 6.45) is 1.79. The van der Waals surface area contributed by atoms with Crippen LogP contribution in [0.4, 0.5) is 5.69 Å². The Balaban J connectivity index is 2.28. The molecule has 0 aliphatic rings. The van der Waals surface area contributed by atoms with Crippen molar-refractivity contribution in [3.63, 3.8) is 0 Å². The van der Waals surface area contributed by atoms with Crippen LogP contribution in [0.1, 0.15) is 10.4 Å². The van der Waals surface area contributed by atoms with Crippen molar-refractivity contribution in [2.24, 2.45) is 0 Å². The number of rotatable bonds is 3. The number of nitrogens with zero attached hydrogens (tertiary/aromatic N) is 2. The highest BCUT2D eigenvalue weighted by Gasteiger charge is 2.04. The second-order valence-electron chi connectivity index (χ2n) is 4.18. The molecule has 4 heteroatoms. The van der Waals surface area contributed by atoms with Crippen LogP contribution < -0.4 is 4.90 Å². The van der Waals surface area contributed by atoms with Gasteiger partial charge in [-0.2, -0.15) is 0 Å². The van der Waals surface area contributed by atoms with Gasteiger partial charge in [0.15, 0.2) is 0 Å². The lowest BCUT2D eigenvalue weighted by molar-refractivity contribution is 0.0697. The highest BCUT2D eigenvalue weighted by atomic mass is 16.4. The second kappa shape index (κ2) is 4.87. The lowest BCUT2D eigenvalue weighted by atomic mass is 10.1. The molecule has 1 heterocycles. The summed E-state index contributed by atoms with van der Waals surface area (Å²) in [6.45, 7) is 0. The quantitative estimate of drug-likeness (QED) is 0.898. The van der Waals surface area contributed by atoms with Gasteiger partial charge in [-0.1, -0.05) is 12.1 Å². The van der Waals surface area contributed by atoms with Gasteiger partial charge in [0.25, 0.3) is 0 Å². The molecule has 0 saturated carbocycles. The first kappa shape index (κ1) is 12.1. The largest absolute Gasteiger partial charge is 0.478 e. The lowest BCUT2D eigenvalue weighted by Gasteiger charge is -2.11. The number of anilines is 1. The molecule has 92 valence electrons. The van der Waals surface area contributed by atoms with Crippen molar-refractivity contribution in [2.45, 2.75) is 0 Å². The van der Waals surface area contributed by atoms with Gasteiger partial charge in [0, 0.05) is 19.7 Å². The maximum atomic E-state index is 10.7. The zero-order chi connectivity index (χ0) is 13.1. The van der Waals surface area contributed by atoms with Crippen LogP contribution in [0.3, 0.4) is 0 Å². The molecule has 18 heavy (non-hydrogen) atoms. The number of pyridine rings is 1. The summed E-state index contributed by atoms with van der Waals surface area (Å²) in [4.78, 5) is 17.1. The molecule has 0 spiro atoms. The maximum Gasteiger partial charge on any atom is 0.335 e. The highest BCUT2D eigenvalue weighted by molar-refractivity contribution is 5.88. The Kier molecular flexibility index (Phi) is 3.28. The maximum absolute atomic E-state index is 10.7. The Morgan fingerprint density at radius 3 is 2.22 bits per heavy atom. The molecule has 2 rings (SSSR count). The van der Waals surface area contributed by atoms with Gasteiger partial charge in [0.05, 0.1) is 23.1 Å². The van der Waals surface area contributed by atoms with E-state index < -0.39 is 5.97 Å². The third-order valence-corrected chi connectivity index (χ3v) is 2.69. The molecule has 0 atom stereocenters. The molecule has 0 saturated heterocycles. The van der Waals surface area contributed by atoms with Crippen molar-refractivity contribution in [1.82, 2.24) is 4.98 Å². The first-order valence-electron chi connectivity index (χ1n) is 5.55. The minimum Gasteiger partial charge on any atom is -0.478 e. The van der Waals surface area contributed by atoms with E-state index in [2.05, 4.69) is 4.98 Å². The molecule has 0 aliphatic heterocycles. The van der Waals surface area contributed by atoms with E-state index in [1.165, 1.54) is 0 Å². The van der Waals surface area contributed by atoms with Gasteiger partial charge in [0.1, 0.15) is 0 Å². The van der Waals surface area contributed by atoms with Crippen LogP contribution >= 0.6 is 0 Å². The lowest BCUT2D eigenvalue weighted by Crippen LogP contribution is -2.08. The van der Waals surface area contributed by atoms with E-state index in [4.69, 9.17) is 5.11 Å². The summed E-state index contributed by atoms with van der Waals surface area (Å²) in [5, 5.41) is 8.82. The summed E-state index contributed by atoms with van der Waals surface area (Å²) in [5.74, 6) is -0.919. The summed E-state index contributed by atoms with van der Waals surface area (Å²) < 4.78 is 0. The van der Waals surface area contributed by atoms with E-state index in [1.54, 1.807) is 30.5 Å². The molecule has 4 nitrogen and oxygen atoms in total. The van der Waals surface area contributed by atoms with Crippen LogP contribution in [-0.4, -0.2) is 30.2 Å². The molecule has 1 N–H and O–H groups in total.